The van der Waals surface area contributed by atoms with Gasteiger partial charge in [0.15, 0.2) is 5.76 Å². The molecule has 1 amide bonds. The fourth-order valence-electron chi connectivity index (χ4n) is 3.47. The fourth-order valence-corrected chi connectivity index (χ4v) is 3.80. The number of nitrogens with one attached hydrogen (secondary N) is 1. The van der Waals surface area contributed by atoms with Gasteiger partial charge in [-0.05, 0) is 71.7 Å². The summed E-state index contributed by atoms with van der Waals surface area (Å²) in [4.78, 5) is 14.9. The zero-order valence-electron chi connectivity index (χ0n) is 15.6. The van der Waals surface area contributed by atoms with Crippen LogP contribution in [0.1, 0.15) is 41.1 Å². The van der Waals surface area contributed by atoms with Gasteiger partial charge in [-0.1, -0.05) is 18.6 Å². The zero-order valence-corrected chi connectivity index (χ0v) is 17.2. The maximum absolute atomic E-state index is 12.6. The van der Waals surface area contributed by atoms with E-state index in [1.165, 1.54) is 19.3 Å². The van der Waals surface area contributed by atoms with E-state index in [0.717, 1.165) is 41.1 Å². The first-order chi connectivity index (χ1) is 13.7. The number of hydrogen-bond acceptors (Lipinski definition) is 4. The molecule has 4 rings (SSSR count). The zero-order chi connectivity index (χ0) is 19.3. The Kier molecular flexibility index (Phi) is 5.92. The van der Waals surface area contributed by atoms with Crippen molar-refractivity contribution >= 4 is 27.5 Å². The summed E-state index contributed by atoms with van der Waals surface area (Å²) in [6.07, 6.45) is 7.45. The van der Waals surface area contributed by atoms with Gasteiger partial charge in [0.05, 0.1) is 23.8 Å². The molecule has 1 N–H and O–H groups in total. The number of benzene rings is 1. The number of carbonyl (C=O) groups excluding carboxylic acids is 1. The van der Waals surface area contributed by atoms with Crippen LogP contribution in [0.5, 0.6) is 0 Å². The minimum absolute atomic E-state index is 0.233. The topological polar surface area (TPSA) is 63.3 Å². The number of piperidine rings is 1. The Bertz CT molecular complexity index is 943. The number of rotatable bonds is 6. The first kappa shape index (κ1) is 19.0. The third-order valence-electron chi connectivity index (χ3n) is 4.84. The van der Waals surface area contributed by atoms with Crippen LogP contribution in [0.3, 0.4) is 0 Å². The first-order valence-corrected chi connectivity index (χ1v) is 10.3. The van der Waals surface area contributed by atoms with Crippen molar-refractivity contribution in [2.45, 2.75) is 32.4 Å². The van der Waals surface area contributed by atoms with Gasteiger partial charge in [-0.2, -0.15) is 5.10 Å². The molecule has 0 unspecified atom stereocenters. The van der Waals surface area contributed by atoms with Gasteiger partial charge in [0.1, 0.15) is 5.76 Å². The monoisotopic (exact) mass is 442 g/mol. The number of aromatic nitrogens is 2. The van der Waals surface area contributed by atoms with Crippen LogP contribution in [0.2, 0.25) is 0 Å². The normalized spacial score (nSPS) is 14.9. The molecule has 0 saturated carbocycles. The first-order valence-electron chi connectivity index (χ1n) is 9.55. The Hall–Kier alpha value is -2.38. The molecule has 28 heavy (non-hydrogen) atoms. The number of amides is 1. The molecule has 3 aromatic rings. The van der Waals surface area contributed by atoms with E-state index in [9.17, 15) is 4.79 Å². The SMILES string of the molecule is O=C(Nc1cccc(Cn2cc(Br)cn2)c1)c1ccc(CN2CCCCC2)o1. The summed E-state index contributed by atoms with van der Waals surface area (Å²) in [5.74, 6) is 0.947. The summed E-state index contributed by atoms with van der Waals surface area (Å²) in [6, 6.07) is 11.4. The molecule has 1 fully saturated rings. The van der Waals surface area contributed by atoms with Crippen molar-refractivity contribution in [3.63, 3.8) is 0 Å². The van der Waals surface area contributed by atoms with E-state index in [4.69, 9.17) is 4.42 Å². The van der Waals surface area contributed by atoms with Crippen molar-refractivity contribution < 1.29 is 9.21 Å². The summed E-state index contributed by atoms with van der Waals surface area (Å²) < 4.78 is 8.55. The summed E-state index contributed by atoms with van der Waals surface area (Å²) in [7, 11) is 0. The molecular weight excluding hydrogens is 420 g/mol. The van der Waals surface area contributed by atoms with Gasteiger partial charge in [-0.15, -0.1) is 0 Å². The number of halogens is 1. The lowest BCUT2D eigenvalue weighted by Crippen LogP contribution is -2.28. The number of nitrogens with zero attached hydrogens (tertiary/aromatic N) is 3. The predicted octanol–water partition coefficient (Wildman–Crippen LogP) is 4.53. The van der Waals surface area contributed by atoms with Gasteiger partial charge >= 0.3 is 0 Å². The maximum atomic E-state index is 12.6. The van der Waals surface area contributed by atoms with Gasteiger partial charge in [-0.3, -0.25) is 14.4 Å². The highest BCUT2D eigenvalue weighted by Crippen LogP contribution is 2.18. The van der Waals surface area contributed by atoms with E-state index in [2.05, 4.69) is 31.2 Å². The molecule has 1 aromatic carbocycles. The molecule has 0 spiro atoms. The Morgan fingerprint density at radius 2 is 2.00 bits per heavy atom. The highest BCUT2D eigenvalue weighted by molar-refractivity contribution is 9.10. The lowest BCUT2D eigenvalue weighted by atomic mass is 10.1. The molecule has 0 aliphatic carbocycles. The van der Waals surface area contributed by atoms with Crippen molar-refractivity contribution in [1.29, 1.82) is 0 Å². The van der Waals surface area contributed by atoms with Crippen LogP contribution < -0.4 is 5.32 Å². The molecule has 3 heterocycles. The lowest BCUT2D eigenvalue weighted by Gasteiger charge is -2.25. The quantitative estimate of drug-likeness (QED) is 0.609. The number of hydrogen-bond donors (Lipinski definition) is 1. The third-order valence-corrected chi connectivity index (χ3v) is 5.25. The molecule has 2 aromatic heterocycles. The van der Waals surface area contributed by atoms with Gasteiger partial charge in [0.25, 0.3) is 5.91 Å². The molecule has 1 saturated heterocycles. The van der Waals surface area contributed by atoms with E-state index in [0.29, 0.717) is 12.3 Å². The standard InChI is InChI=1S/C21H23BrN4O2/c22-17-12-23-26(14-17)13-16-5-4-6-18(11-16)24-21(27)20-8-7-19(28-20)15-25-9-2-1-3-10-25/h4-8,11-12,14H,1-3,9-10,13,15H2,(H,24,27). The molecule has 0 bridgehead atoms. The van der Waals surface area contributed by atoms with Crippen molar-refractivity contribution in [2.24, 2.45) is 0 Å². The average molecular weight is 443 g/mol. The van der Waals surface area contributed by atoms with Gasteiger partial charge in [-0.25, -0.2) is 0 Å². The number of anilines is 1. The smallest absolute Gasteiger partial charge is 0.291 e. The van der Waals surface area contributed by atoms with E-state index in [1.54, 1.807) is 12.3 Å². The fraction of sp³-hybridized carbons (Fsp3) is 0.333. The molecule has 0 radical (unpaired) electrons. The van der Waals surface area contributed by atoms with Gasteiger partial charge in [0, 0.05) is 11.9 Å². The predicted molar refractivity (Wildman–Crippen MR) is 111 cm³/mol. The number of carbonyl (C=O) groups is 1. The van der Waals surface area contributed by atoms with Gasteiger partial charge in [0.2, 0.25) is 0 Å². The highest BCUT2D eigenvalue weighted by Gasteiger charge is 2.15. The van der Waals surface area contributed by atoms with Crippen LogP contribution in [-0.4, -0.2) is 33.7 Å². The van der Waals surface area contributed by atoms with Crippen LogP contribution in [-0.2, 0) is 13.1 Å². The maximum Gasteiger partial charge on any atom is 0.291 e. The van der Waals surface area contributed by atoms with Crippen molar-refractivity contribution in [2.75, 3.05) is 18.4 Å². The molecule has 0 atom stereocenters. The minimum Gasteiger partial charge on any atom is -0.455 e. The second kappa shape index (κ2) is 8.75. The van der Waals surface area contributed by atoms with Crippen LogP contribution in [0, 0.1) is 0 Å². The van der Waals surface area contributed by atoms with Crippen molar-refractivity contribution in [3.05, 3.63) is 70.3 Å². The summed E-state index contributed by atoms with van der Waals surface area (Å²) in [5, 5.41) is 7.18. The van der Waals surface area contributed by atoms with Crippen LogP contribution >= 0.6 is 15.9 Å². The van der Waals surface area contributed by atoms with Gasteiger partial charge < -0.3 is 9.73 Å². The lowest BCUT2D eigenvalue weighted by molar-refractivity contribution is 0.0992. The van der Waals surface area contributed by atoms with E-state index >= 15 is 0 Å². The number of likely N-dealkylation sites (tertiary alicyclic amines) is 1. The summed E-state index contributed by atoms with van der Waals surface area (Å²) >= 11 is 3.40. The molecule has 146 valence electrons. The largest absolute Gasteiger partial charge is 0.455 e. The van der Waals surface area contributed by atoms with Crippen LogP contribution in [0.25, 0.3) is 0 Å². The van der Waals surface area contributed by atoms with E-state index in [-0.39, 0.29) is 5.91 Å². The minimum atomic E-state index is -0.233. The van der Waals surface area contributed by atoms with Crippen molar-refractivity contribution in [1.82, 2.24) is 14.7 Å². The van der Waals surface area contributed by atoms with Crippen LogP contribution in [0.15, 0.2) is 57.7 Å². The van der Waals surface area contributed by atoms with E-state index in [1.807, 2.05) is 41.2 Å². The highest BCUT2D eigenvalue weighted by atomic mass is 79.9. The Balaban J connectivity index is 1.37. The second-order valence-corrected chi connectivity index (χ2v) is 8.03. The Morgan fingerprint density at radius 3 is 2.79 bits per heavy atom. The molecule has 6 nitrogen and oxygen atoms in total. The van der Waals surface area contributed by atoms with Crippen LogP contribution in [0.4, 0.5) is 5.69 Å². The molecule has 1 aliphatic rings. The van der Waals surface area contributed by atoms with Crippen molar-refractivity contribution in [3.8, 4) is 0 Å². The molecule has 7 heteroatoms. The van der Waals surface area contributed by atoms with E-state index < -0.39 is 0 Å². The summed E-state index contributed by atoms with van der Waals surface area (Å²) in [6.45, 7) is 3.60. The second-order valence-electron chi connectivity index (χ2n) is 7.11. The summed E-state index contributed by atoms with van der Waals surface area (Å²) in [5.41, 5.74) is 1.79. The number of furan rings is 1. The average Bonchev–Trinajstić information content (AvgIpc) is 3.32. The Labute approximate surface area is 172 Å². The third kappa shape index (κ3) is 4.91. The molecular formula is C21H23BrN4O2. The Morgan fingerprint density at radius 1 is 1.14 bits per heavy atom. The molecule has 1 aliphatic heterocycles.